The molecule has 0 amide bonds. The summed E-state index contributed by atoms with van der Waals surface area (Å²) in [5.74, 6) is -4.44. The molecule has 3 saturated heterocycles. The van der Waals surface area contributed by atoms with Gasteiger partial charge in [0, 0.05) is 0 Å². The summed E-state index contributed by atoms with van der Waals surface area (Å²) in [6.45, 7) is 1.72. The molecule has 23 heavy (non-hydrogen) atoms. The Labute approximate surface area is 131 Å². The van der Waals surface area contributed by atoms with E-state index < -0.39 is 41.5 Å². The number of hydrogen-bond acceptors (Lipinski definition) is 7. The van der Waals surface area contributed by atoms with Crippen molar-refractivity contribution in [3.8, 4) is 0 Å². The quantitative estimate of drug-likeness (QED) is 0.689. The van der Waals surface area contributed by atoms with Gasteiger partial charge in [-0.2, -0.15) is 0 Å². The summed E-state index contributed by atoms with van der Waals surface area (Å²) >= 11 is 0. The molecule has 122 valence electrons. The second-order valence-electron chi connectivity index (χ2n) is 6.28. The molecule has 0 bridgehead atoms. The first kappa shape index (κ1) is 14.6. The minimum Gasteiger partial charge on any atom is -0.450 e. The Bertz CT molecular complexity index is 684. The van der Waals surface area contributed by atoms with Crippen molar-refractivity contribution in [2.45, 2.75) is 42.9 Å². The molecule has 4 rings (SSSR count). The lowest BCUT2D eigenvalue weighted by atomic mass is 9.76. The molecule has 1 spiro atoms. The van der Waals surface area contributed by atoms with Crippen LogP contribution >= 0.6 is 0 Å². The van der Waals surface area contributed by atoms with Gasteiger partial charge in [-0.25, -0.2) is 4.79 Å². The number of aliphatic hydroxyl groups is 2. The van der Waals surface area contributed by atoms with E-state index in [1.165, 1.54) is 0 Å². The minimum atomic E-state index is -2.19. The highest BCUT2D eigenvalue weighted by Crippen LogP contribution is 2.56. The average molecular weight is 320 g/mol. The van der Waals surface area contributed by atoms with Gasteiger partial charge in [0.2, 0.25) is 0 Å². The normalized spacial score (nSPS) is 42.0. The number of hydrogen-bond donors (Lipinski definition) is 2. The molecule has 3 aliphatic rings. The molecule has 0 aromatic heterocycles. The van der Waals surface area contributed by atoms with Gasteiger partial charge in [-0.1, -0.05) is 29.8 Å². The van der Waals surface area contributed by atoms with Crippen LogP contribution in [-0.2, 0) is 23.8 Å². The highest BCUT2D eigenvalue weighted by Gasteiger charge is 2.80. The van der Waals surface area contributed by atoms with Crippen molar-refractivity contribution in [1.82, 2.24) is 0 Å². The highest BCUT2D eigenvalue weighted by molar-refractivity contribution is 5.92. The van der Waals surface area contributed by atoms with Gasteiger partial charge in [0.1, 0.15) is 6.10 Å². The summed E-state index contributed by atoms with van der Waals surface area (Å²) in [7, 11) is 0. The van der Waals surface area contributed by atoms with E-state index in [0.717, 1.165) is 5.56 Å². The summed E-state index contributed by atoms with van der Waals surface area (Å²) in [5, 5.41) is 20.8. The van der Waals surface area contributed by atoms with Gasteiger partial charge >= 0.3 is 11.9 Å². The second kappa shape index (κ2) is 4.53. The van der Waals surface area contributed by atoms with Gasteiger partial charge in [-0.3, -0.25) is 4.79 Å². The van der Waals surface area contributed by atoms with Crippen molar-refractivity contribution < 1.29 is 34.0 Å². The Morgan fingerprint density at radius 1 is 1.22 bits per heavy atom. The summed E-state index contributed by atoms with van der Waals surface area (Å²) in [4.78, 5) is 24.5. The number of rotatable bonds is 1. The molecular formula is C16H16O7. The number of carbonyl (C=O) groups is 2. The number of esters is 2. The van der Waals surface area contributed by atoms with Crippen molar-refractivity contribution in [1.29, 1.82) is 0 Å². The van der Waals surface area contributed by atoms with E-state index in [9.17, 15) is 19.8 Å². The van der Waals surface area contributed by atoms with Gasteiger partial charge in [0.25, 0.3) is 11.4 Å². The first-order valence-electron chi connectivity index (χ1n) is 7.42. The fourth-order valence-corrected chi connectivity index (χ4v) is 3.73. The molecule has 0 aliphatic carbocycles. The summed E-state index contributed by atoms with van der Waals surface area (Å²) < 4.78 is 15.7. The number of aryl methyl sites for hydroxylation is 1. The fourth-order valence-electron chi connectivity index (χ4n) is 3.73. The van der Waals surface area contributed by atoms with Crippen LogP contribution in [0.3, 0.4) is 0 Å². The third kappa shape index (κ3) is 1.69. The molecule has 2 N–H and O–H groups in total. The zero-order chi connectivity index (χ0) is 16.4. The fraction of sp³-hybridized carbons (Fsp3) is 0.500. The van der Waals surface area contributed by atoms with Crippen molar-refractivity contribution >= 4 is 11.9 Å². The molecule has 7 nitrogen and oxygen atoms in total. The zero-order valence-electron chi connectivity index (χ0n) is 12.4. The predicted octanol–water partition coefficient (Wildman–Crippen LogP) is -0.231. The standard InChI is InChI=1S/C16H16O7/c1-8-2-4-9(5-3-8)10-6-12(18)23-15(10)14(19)22-13-11(17)7-21-16(13,15)20/h2-5,10-11,13,17,20H,6-7H2,1H3/t10-,11+,13-,15-,16+/m1/s1. The first-order valence-corrected chi connectivity index (χ1v) is 7.42. The topological polar surface area (TPSA) is 102 Å². The van der Waals surface area contributed by atoms with E-state index in [1.807, 2.05) is 19.1 Å². The van der Waals surface area contributed by atoms with E-state index in [4.69, 9.17) is 14.2 Å². The molecule has 0 radical (unpaired) electrons. The van der Waals surface area contributed by atoms with Crippen LogP contribution in [0.2, 0.25) is 0 Å². The maximum Gasteiger partial charge on any atom is 0.357 e. The molecule has 1 aromatic carbocycles. The van der Waals surface area contributed by atoms with E-state index in [-0.39, 0.29) is 13.0 Å². The largest absolute Gasteiger partial charge is 0.450 e. The van der Waals surface area contributed by atoms with Crippen molar-refractivity contribution in [3.63, 3.8) is 0 Å². The van der Waals surface area contributed by atoms with Crippen LogP contribution < -0.4 is 0 Å². The summed E-state index contributed by atoms with van der Waals surface area (Å²) in [6.07, 6.45) is -2.51. The van der Waals surface area contributed by atoms with Crippen LogP contribution in [0.1, 0.15) is 23.5 Å². The number of benzene rings is 1. The van der Waals surface area contributed by atoms with E-state index in [1.54, 1.807) is 12.1 Å². The summed E-state index contributed by atoms with van der Waals surface area (Å²) in [6, 6.07) is 7.24. The molecule has 3 fully saturated rings. The molecule has 3 aliphatic heterocycles. The Morgan fingerprint density at radius 2 is 1.91 bits per heavy atom. The average Bonchev–Trinajstić information content (AvgIpc) is 3.08. The van der Waals surface area contributed by atoms with Gasteiger partial charge in [-0.05, 0) is 12.5 Å². The Balaban J connectivity index is 1.85. The zero-order valence-corrected chi connectivity index (χ0v) is 12.4. The lowest BCUT2D eigenvalue weighted by molar-refractivity contribution is -0.264. The first-order chi connectivity index (χ1) is 10.9. The van der Waals surface area contributed by atoms with E-state index in [2.05, 4.69) is 0 Å². The number of carbonyl (C=O) groups excluding carboxylic acids is 2. The Morgan fingerprint density at radius 3 is 2.61 bits per heavy atom. The number of ether oxygens (including phenoxy) is 3. The SMILES string of the molecule is Cc1ccc([C@H]2CC(=O)O[C@@]23C(=O)O[C@@H]2[C@@H](O)CO[C@@]23O)cc1. The van der Waals surface area contributed by atoms with Gasteiger partial charge in [-0.15, -0.1) is 0 Å². The lowest BCUT2D eigenvalue weighted by Gasteiger charge is -2.35. The lowest BCUT2D eigenvalue weighted by Crippen LogP contribution is -2.60. The summed E-state index contributed by atoms with van der Waals surface area (Å²) in [5.41, 5.74) is -0.301. The maximum absolute atomic E-state index is 12.5. The number of fused-ring (bicyclic) bond motifs is 2. The Hall–Kier alpha value is -1.96. The molecule has 5 atom stereocenters. The van der Waals surface area contributed by atoms with Crippen LogP contribution in [0.15, 0.2) is 24.3 Å². The monoisotopic (exact) mass is 320 g/mol. The third-order valence-corrected chi connectivity index (χ3v) is 4.89. The van der Waals surface area contributed by atoms with Crippen LogP contribution in [0.25, 0.3) is 0 Å². The predicted molar refractivity (Wildman–Crippen MR) is 74.1 cm³/mol. The van der Waals surface area contributed by atoms with Gasteiger partial charge in [0.05, 0.1) is 18.9 Å². The smallest absolute Gasteiger partial charge is 0.357 e. The molecule has 1 aromatic rings. The number of aliphatic hydroxyl groups excluding tert-OH is 1. The Kier molecular flexibility index (Phi) is 2.88. The molecule has 0 saturated carbocycles. The van der Waals surface area contributed by atoms with Crippen LogP contribution in [0, 0.1) is 6.92 Å². The minimum absolute atomic E-state index is 0.0767. The van der Waals surface area contributed by atoms with E-state index in [0.29, 0.717) is 5.56 Å². The molecule has 7 heteroatoms. The van der Waals surface area contributed by atoms with Crippen molar-refractivity contribution in [2.24, 2.45) is 0 Å². The van der Waals surface area contributed by atoms with Crippen LogP contribution in [0.4, 0.5) is 0 Å². The van der Waals surface area contributed by atoms with Crippen molar-refractivity contribution in [2.75, 3.05) is 6.61 Å². The second-order valence-corrected chi connectivity index (χ2v) is 6.28. The van der Waals surface area contributed by atoms with Gasteiger partial charge < -0.3 is 24.4 Å². The van der Waals surface area contributed by atoms with Crippen LogP contribution in [-0.4, -0.2) is 52.4 Å². The van der Waals surface area contributed by atoms with Crippen molar-refractivity contribution in [3.05, 3.63) is 35.4 Å². The maximum atomic E-state index is 12.5. The molecule has 3 heterocycles. The highest BCUT2D eigenvalue weighted by atomic mass is 16.7. The molecular weight excluding hydrogens is 304 g/mol. The third-order valence-electron chi connectivity index (χ3n) is 4.89. The van der Waals surface area contributed by atoms with E-state index >= 15 is 0 Å². The van der Waals surface area contributed by atoms with Crippen LogP contribution in [0.5, 0.6) is 0 Å². The molecule has 0 unspecified atom stereocenters. The van der Waals surface area contributed by atoms with Gasteiger partial charge in [0.15, 0.2) is 6.10 Å².